The zero-order valence-corrected chi connectivity index (χ0v) is 18.6. The second-order valence-corrected chi connectivity index (χ2v) is 6.30. The first-order valence-electron chi connectivity index (χ1n) is 9.40. The number of anilines is 2. The van der Waals surface area contributed by atoms with Crippen molar-refractivity contribution in [1.29, 1.82) is 0 Å². The molecule has 0 saturated heterocycles. The second-order valence-electron chi connectivity index (χ2n) is 6.30. The zero-order valence-electron chi connectivity index (χ0n) is 16.2. The molecule has 0 N–H and O–H groups in total. The summed E-state index contributed by atoms with van der Waals surface area (Å²) in [5.41, 5.74) is 4.21. The average Bonchev–Trinajstić information content (AvgIpc) is 3.32. The summed E-state index contributed by atoms with van der Waals surface area (Å²) in [6.45, 7) is 2.04. The van der Waals surface area contributed by atoms with Gasteiger partial charge >= 0.3 is 20.1 Å². The van der Waals surface area contributed by atoms with Crippen LogP contribution in [0.2, 0.25) is 0 Å². The van der Waals surface area contributed by atoms with Crippen LogP contribution in [0.3, 0.4) is 0 Å². The quantitative estimate of drug-likeness (QED) is 0.286. The Morgan fingerprint density at radius 1 is 0.667 bits per heavy atom. The number of hydrogen-bond acceptors (Lipinski definition) is 3. The van der Waals surface area contributed by atoms with Crippen LogP contribution >= 0.6 is 0 Å². The van der Waals surface area contributed by atoms with Gasteiger partial charge in [-0.3, -0.25) is 0 Å². The molecule has 0 unspecified atom stereocenters. The number of para-hydroxylation sites is 2. The van der Waals surface area contributed by atoms with Gasteiger partial charge in [0.1, 0.15) is 0 Å². The molecule has 5 rings (SSSR count). The van der Waals surface area contributed by atoms with Crippen LogP contribution in [0.5, 0.6) is 0 Å². The smallest absolute Gasteiger partial charge is 0.500 e. The number of benzene rings is 3. The van der Waals surface area contributed by atoms with Gasteiger partial charge in [0.2, 0.25) is 0 Å². The van der Waals surface area contributed by atoms with Gasteiger partial charge in [0.25, 0.3) is 0 Å². The molecule has 0 spiro atoms. The van der Waals surface area contributed by atoms with E-state index in [1.54, 1.807) is 6.20 Å². The maximum Gasteiger partial charge on any atom is 3.00 e. The van der Waals surface area contributed by atoms with Crippen LogP contribution in [0.4, 0.5) is 11.4 Å². The Morgan fingerprint density at radius 3 is 2.03 bits per heavy atom. The molecule has 0 saturated carbocycles. The van der Waals surface area contributed by atoms with E-state index in [-0.39, 0.29) is 20.1 Å². The van der Waals surface area contributed by atoms with Gasteiger partial charge in [-0.05, 0) is 36.3 Å². The molecular weight excluding hydrogens is 547 g/mol. The van der Waals surface area contributed by atoms with Crippen LogP contribution in [0, 0.1) is 18.8 Å². The molecule has 0 bridgehead atoms. The fourth-order valence-corrected chi connectivity index (χ4v) is 2.87. The van der Waals surface area contributed by atoms with Crippen molar-refractivity contribution in [2.75, 3.05) is 9.80 Å². The largest absolute Gasteiger partial charge is 3.00 e. The molecule has 4 aromatic rings. The number of aromatic nitrogens is 1. The van der Waals surface area contributed by atoms with E-state index in [4.69, 9.17) is 0 Å². The van der Waals surface area contributed by atoms with E-state index in [0.29, 0.717) is 0 Å². The molecule has 1 aromatic heterocycles. The summed E-state index contributed by atoms with van der Waals surface area (Å²) >= 11 is 0. The molecule has 0 amide bonds. The third-order valence-corrected chi connectivity index (χ3v) is 4.31. The molecule has 2 heterocycles. The van der Waals surface area contributed by atoms with Crippen LogP contribution < -0.4 is 9.80 Å². The van der Waals surface area contributed by atoms with E-state index >= 15 is 0 Å². The van der Waals surface area contributed by atoms with Crippen molar-refractivity contribution < 1.29 is 20.1 Å². The van der Waals surface area contributed by atoms with Crippen molar-refractivity contribution in [2.24, 2.45) is 0 Å². The Hall–Kier alpha value is -3.20. The molecule has 0 radical (unpaired) electrons. The number of pyridine rings is 1. The van der Waals surface area contributed by atoms with Crippen molar-refractivity contribution in [3.05, 3.63) is 134 Å². The van der Waals surface area contributed by atoms with Crippen molar-refractivity contribution >= 4 is 11.4 Å². The molecule has 0 fully saturated rings. The molecule has 0 aliphatic carbocycles. The van der Waals surface area contributed by atoms with E-state index in [1.165, 1.54) is 0 Å². The Balaban J connectivity index is 0.000000175. The third kappa shape index (κ3) is 5.66. The summed E-state index contributed by atoms with van der Waals surface area (Å²) in [4.78, 5) is 8.35. The SMILES string of the molecule is [Ir+3].[c-]1ccccc1-c1ccccn1.[c-]1ccccc1N1C=CN(c2ccccc2)[CH-]1. The van der Waals surface area contributed by atoms with E-state index in [0.717, 1.165) is 22.6 Å². The summed E-state index contributed by atoms with van der Waals surface area (Å²) in [5.74, 6) is 0. The molecule has 30 heavy (non-hydrogen) atoms. The normalized spacial score (nSPS) is 12.0. The Kier molecular flexibility index (Phi) is 7.96. The predicted molar refractivity (Wildman–Crippen MR) is 119 cm³/mol. The van der Waals surface area contributed by atoms with Crippen LogP contribution in [0.1, 0.15) is 0 Å². The van der Waals surface area contributed by atoms with Gasteiger partial charge in [0.05, 0.1) is 0 Å². The molecule has 1 aliphatic rings. The van der Waals surface area contributed by atoms with Crippen LogP contribution in [-0.2, 0) is 20.1 Å². The summed E-state index contributed by atoms with van der Waals surface area (Å²) < 4.78 is 0. The maximum absolute atomic E-state index is 4.22. The molecule has 3 nitrogen and oxygen atoms in total. The van der Waals surface area contributed by atoms with Crippen molar-refractivity contribution in [2.45, 2.75) is 0 Å². The number of hydrogen-bond donors (Lipinski definition) is 0. The summed E-state index contributed by atoms with van der Waals surface area (Å²) in [6.07, 6.45) is 5.85. The van der Waals surface area contributed by atoms with Gasteiger partial charge in [-0.1, -0.05) is 30.3 Å². The molecule has 148 valence electrons. The van der Waals surface area contributed by atoms with Crippen LogP contribution in [0.25, 0.3) is 11.3 Å². The van der Waals surface area contributed by atoms with Gasteiger partial charge in [-0.25, -0.2) is 0 Å². The van der Waals surface area contributed by atoms with Gasteiger partial charge in [0.15, 0.2) is 0 Å². The van der Waals surface area contributed by atoms with Crippen LogP contribution in [0.15, 0.2) is 116 Å². The second kappa shape index (κ2) is 11.1. The minimum atomic E-state index is 0. The van der Waals surface area contributed by atoms with E-state index < -0.39 is 0 Å². The maximum atomic E-state index is 4.22. The molecule has 1 aliphatic heterocycles. The predicted octanol–water partition coefficient (Wildman–Crippen LogP) is 5.95. The summed E-state index contributed by atoms with van der Waals surface area (Å²) in [6, 6.07) is 38.2. The van der Waals surface area contributed by atoms with E-state index in [9.17, 15) is 0 Å². The first kappa shape index (κ1) is 21.5. The zero-order chi connectivity index (χ0) is 19.7. The first-order chi connectivity index (χ1) is 14.4. The fourth-order valence-electron chi connectivity index (χ4n) is 2.87. The average molecular weight is 567 g/mol. The topological polar surface area (TPSA) is 19.4 Å². The monoisotopic (exact) mass is 567 g/mol. The Bertz CT molecular complexity index is 938. The molecule has 3 aromatic carbocycles. The van der Waals surface area contributed by atoms with Crippen molar-refractivity contribution in [3.63, 3.8) is 0 Å². The molecular formula is C26H20IrN3. The first-order valence-corrected chi connectivity index (χ1v) is 9.40. The summed E-state index contributed by atoms with van der Waals surface area (Å²) in [5, 5.41) is 0. The minimum absolute atomic E-state index is 0. The van der Waals surface area contributed by atoms with Crippen LogP contribution in [-0.4, -0.2) is 4.98 Å². The van der Waals surface area contributed by atoms with Crippen molar-refractivity contribution in [1.82, 2.24) is 4.98 Å². The Labute approximate surface area is 191 Å². The molecule has 0 atom stereocenters. The number of nitrogens with zero attached hydrogens (tertiary/aromatic N) is 3. The Morgan fingerprint density at radius 2 is 1.37 bits per heavy atom. The van der Waals surface area contributed by atoms with Gasteiger partial charge in [0, 0.05) is 11.9 Å². The number of rotatable bonds is 3. The standard InChI is InChI=1S/C15H12N2.C11H8N.Ir/c1-3-7-14(8-4-1)16-11-12-17(13-16)15-9-5-2-6-10-15;1-2-6-10(7-3-1)11-8-4-5-9-12-11;/h1-9,11-13H;1-6,8-9H;/q-2;-1;+3. The van der Waals surface area contributed by atoms with Gasteiger partial charge < -0.3 is 14.8 Å². The molecule has 4 heteroatoms. The third-order valence-electron chi connectivity index (χ3n) is 4.31. The summed E-state index contributed by atoms with van der Waals surface area (Å²) in [7, 11) is 0. The van der Waals surface area contributed by atoms with Gasteiger partial charge in [-0.15, -0.1) is 48.3 Å². The minimum Gasteiger partial charge on any atom is -0.500 e. The fraction of sp³-hybridized carbons (Fsp3) is 0. The van der Waals surface area contributed by atoms with Gasteiger partial charge in [-0.2, -0.15) is 30.3 Å². The van der Waals surface area contributed by atoms with E-state index in [2.05, 4.69) is 34.1 Å². The van der Waals surface area contributed by atoms with Crippen molar-refractivity contribution in [3.8, 4) is 11.3 Å². The van der Waals surface area contributed by atoms with E-state index in [1.807, 2.05) is 109 Å².